The largest absolute Gasteiger partial charge is 0.372 e. The third kappa shape index (κ3) is 3.20. The van der Waals surface area contributed by atoms with Crippen LogP contribution in [0.2, 0.25) is 0 Å². The summed E-state index contributed by atoms with van der Waals surface area (Å²) in [4.78, 5) is 18.8. The molecule has 0 radical (unpaired) electrons. The van der Waals surface area contributed by atoms with E-state index in [1.54, 1.807) is 0 Å². The third-order valence-electron chi connectivity index (χ3n) is 5.58. The first-order valence-electron chi connectivity index (χ1n) is 9.10. The molecule has 3 fully saturated rings. The van der Waals surface area contributed by atoms with E-state index in [4.69, 9.17) is 9.47 Å². The van der Waals surface area contributed by atoms with Crippen molar-refractivity contribution in [1.82, 2.24) is 9.88 Å². The van der Waals surface area contributed by atoms with Gasteiger partial charge in [0.15, 0.2) is 0 Å². The first-order chi connectivity index (χ1) is 11.6. The number of likely N-dealkylation sites (tertiary alicyclic amines) is 1. The van der Waals surface area contributed by atoms with Gasteiger partial charge in [-0.05, 0) is 38.3 Å². The Morgan fingerprint density at radius 3 is 2.92 bits per heavy atom. The van der Waals surface area contributed by atoms with E-state index < -0.39 is 0 Å². The Bertz CT molecular complexity index is 608. The molecule has 5 heteroatoms. The van der Waals surface area contributed by atoms with Gasteiger partial charge in [-0.25, -0.2) is 0 Å². The summed E-state index contributed by atoms with van der Waals surface area (Å²) in [6.45, 7) is 4.75. The highest BCUT2D eigenvalue weighted by molar-refractivity contribution is 5.80. The highest BCUT2D eigenvalue weighted by Gasteiger charge is 2.50. The van der Waals surface area contributed by atoms with Crippen molar-refractivity contribution in [2.75, 3.05) is 19.7 Å². The lowest BCUT2D eigenvalue weighted by atomic mass is 9.80. The minimum Gasteiger partial charge on any atom is -0.372 e. The van der Waals surface area contributed by atoms with Crippen molar-refractivity contribution in [2.24, 2.45) is 5.92 Å². The van der Waals surface area contributed by atoms with Crippen LogP contribution in [-0.2, 0) is 20.9 Å². The molecule has 1 unspecified atom stereocenters. The van der Waals surface area contributed by atoms with Gasteiger partial charge in [-0.2, -0.15) is 0 Å². The van der Waals surface area contributed by atoms with Crippen LogP contribution < -0.4 is 0 Å². The average molecular weight is 330 g/mol. The fraction of sp³-hybridized carbons (Fsp3) is 0.684. The molecule has 2 aliphatic heterocycles. The maximum Gasteiger partial charge on any atom is 0.225 e. The topological polar surface area (TPSA) is 51.7 Å². The Morgan fingerprint density at radius 2 is 2.21 bits per heavy atom. The molecular weight excluding hydrogens is 304 g/mol. The van der Waals surface area contributed by atoms with Crippen LogP contribution >= 0.6 is 0 Å². The number of aromatic nitrogens is 1. The predicted octanol–water partition coefficient (Wildman–Crippen LogP) is 2.47. The molecule has 1 aliphatic carbocycles. The molecule has 5 nitrogen and oxygen atoms in total. The first kappa shape index (κ1) is 16.0. The summed E-state index contributed by atoms with van der Waals surface area (Å²) in [6, 6.07) is 6.02. The Hall–Kier alpha value is -1.46. The second-order valence-electron chi connectivity index (χ2n) is 7.55. The van der Waals surface area contributed by atoms with Gasteiger partial charge >= 0.3 is 0 Å². The molecule has 0 N–H and O–H groups in total. The van der Waals surface area contributed by atoms with E-state index in [2.05, 4.69) is 4.98 Å². The van der Waals surface area contributed by atoms with Gasteiger partial charge in [-0.3, -0.25) is 9.78 Å². The summed E-state index contributed by atoms with van der Waals surface area (Å²) < 4.78 is 12.1. The number of carbonyl (C=O) groups is 1. The number of rotatable bonds is 4. The van der Waals surface area contributed by atoms with Crippen LogP contribution in [0.15, 0.2) is 18.2 Å². The lowest BCUT2D eigenvalue weighted by Gasteiger charge is -2.54. The van der Waals surface area contributed by atoms with Crippen LogP contribution in [-0.4, -0.2) is 47.2 Å². The van der Waals surface area contributed by atoms with Gasteiger partial charge < -0.3 is 14.4 Å². The van der Waals surface area contributed by atoms with Crippen molar-refractivity contribution in [1.29, 1.82) is 0 Å². The molecule has 130 valence electrons. The van der Waals surface area contributed by atoms with Crippen molar-refractivity contribution in [2.45, 2.75) is 57.3 Å². The van der Waals surface area contributed by atoms with Crippen LogP contribution in [0.1, 0.15) is 43.5 Å². The monoisotopic (exact) mass is 330 g/mol. The fourth-order valence-corrected chi connectivity index (χ4v) is 3.95. The van der Waals surface area contributed by atoms with E-state index in [1.807, 2.05) is 30.0 Å². The molecule has 1 aromatic heterocycles. The minimum atomic E-state index is -0.164. The lowest BCUT2D eigenvalue weighted by Crippen LogP contribution is -2.68. The Kier molecular flexibility index (Phi) is 4.31. The molecule has 3 aliphatic rings. The quantitative estimate of drug-likeness (QED) is 0.851. The number of carbonyl (C=O) groups excluding carboxylic acids is 1. The number of nitrogens with zero attached hydrogens (tertiary/aromatic N) is 2. The molecule has 1 spiro atoms. The Labute approximate surface area is 143 Å². The second kappa shape index (κ2) is 6.45. The normalized spacial score (nSPS) is 26.0. The molecule has 24 heavy (non-hydrogen) atoms. The van der Waals surface area contributed by atoms with Crippen LogP contribution in [0, 0.1) is 12.8 Å². The summed E-state index contributed by atoms with van der Waals surface area (Å²) in [7, 11) is 0. The fourth-order valence-electron chi connectivity index (χ4n) is 3.95. The van der Waals surface area contributed by atoms with E-state index in [0.717, 1.165) is 56.8 Å². The van der Waals surface area contributed by atoms with Gasteiger partial charge in [0.1, 0.15) is 5.60 Å². The molecule has 1 saturated carbocycles. The molecule has 4 rings (SSSR count). The average Bonchev–Trinajstić information content (AvgIpc) is 2.49. The molecule has 0 bridgehead atoms. The van der Waals surface area contributed by atoms with Gasteiger partial charge in [0, 0.05) is 24.6 Å². The summed E-state index contributed by atoms with van der Waals surface area (Å²) in [6.07, 6.45) is 5.34. The van der Waals surface area contributed by atoms with Gasteiger partial charge in [0.05, 0.1) is 31.5 Å². The Balaban J connectivity index is 1.28. The van der Waals surface area contributed by atoms with Crippen LogP contribution in [0.3, 0.4) is 0 Å². The van der Waals surface area contributed by atoms with Crippen LogP contribution in [0.4, 0.5) is 0 Å². The van der Waals surface area contributed by atoms with Crippen LogP contribution in [0.25, 0.3) is 0 Å². The highest BCUT2D eigenvalue weighted by Crippen LogP contribution is 2.38. The van der Waals surface area contributed by atoms with E-state index in [0.29, 0.717) is 12.5 Å². The first-order valence-corrected chi connectivity index (χ1v) is 9.10. The predicted molar refractivity (Wildman–Crippen MR) is 89.4 cm³/mol. The standard InChI is InChI=1S/C19H26N2O3/c1-14-4-2-7-16(20-14)11-23-17-8-9-24-19(10-17)12-21(13-19)18(22)15-5-3-6-15/h2,4,7,15,17H,3,5-6,8-13H2,1H3. The summed E-state index contributed by atoms with van der Waals surface area (Å²) in [5.74, 6) is 0.618. The number of hydrogen-bond donors (Lipinski definition) is 0. The number of ether oxygens (including phenoxy) is 2. The number of amides is 1. The minimum absolute atomic E-state index is 0.164. The maximum atomic E-state index is 12.3. The zero-order chi connectivity index (χ0) is 16.6. The molecule has 1 atom stereocenters. The third-order valence-corrected chi connectivity index (χ3v) is 5.58. The van der Waals surface area contributed by atoms with Crippen LogP contribution in [0.5, 0.6) is 0 Å². The van der Waals surface area contributed by atoms with Crippen molar-refractivity contribution in [3.05, 3.63) is 29.6 Å². The van der Waals surface area contributed by atoms with Crippen molar-refractivity contribution in [3.63, 3.8) is 0 Å². The molecule has 3 heterocycles. The number of aryl methyl sites for hydroxylation is 1. The van der Waals surface area contributed by atoms with E-state index in [1.165, 1.54) is 6.42 Å². The smallest absolute Gasteiger partial charge is 0.225 e. The number of hydrogen-bond acceptors (Lipinski definition) is 4. The van der Waals surface area contributed by atoms with E-state index in [-0.39, 0.29) is 17.6 Å². The second-order valence-corrected chi connectivity index (χ2v) is 7.55. The molecule has 1 amide bonds. The summed E-state index contributed by atoms with van der Waals surface area (Å²) in [5, 5.41) is 0. The molecule has 2 saturated heterocycles. The van der Waals surface area contributed by atoms with Crippen molar-refractivity contribution < 1.29 is 14.3 Å². The van der Waals surface area contributed by atoms with Gasteiger partial charge in [0.25, 0.3) is 0 Å². The zero-order valence-corrected chi connectivity index (χ0v) is 14.4. The lowest BCUT2D eigenvalue weighted by molar-refractivity contribution is -0.205. The number of pyridine rings is 1. The Morgan fingerprint density at radius 1 is 1.38 bits per heavy atom. The van der Waals surface area contributed by atoms with Gasteiger partial charge in [-0.1, -0.05) is 12.5 Å². The molecule has 1 aromatic rings. The van der Waals surface area contributed by atoms with E-state index >= 15 is 0 Å². The SMILES string of the molecule is Cc1cccc(COC2CCOC3(C2)CN(C(=O)C2CCC2)C3)n1. The van der Waals surface area contributed by atoms with E-state index in [9.17, 15) is 4.79 Å². The van der Waals surface area contributed by atoms with Gasteiger partial charge in [-0.15, -0.1) is 0 Å². The van der Waals surface area contributed by atoms with Crippen molar-refractivity contribution in [3.8, 4) is 0 Å². The zero-order valence-electron chi connectivity index (χ0n) is 14.4. The van der Waals surface area contributed by atoms with Crippen molar-refractivity contribution >= 4 is 5.91 Å². The summed E-state index contributed by atoms with van der Waals surface area (Å²) >= 11 is 0. The molecular formula is C19H26N2O3. The summed E-state index contributed by atoms with van der Waals surface area (Å²) in [5.41, 5.74) is 1.83. The van der Waals surface area contributed by atoms with Gasteiger partial charge in [0.2, 0.25) is 5.91 Å². The maximum absolute atomic E-state index is 12.3. The molecule has 0 aromatic carbocycles. The highest BCUT2D eigenvalue weighted by atomic mass is 16.5.